The van der Waals surface area contributed by atoms with Gasteiger partial charge < -0.3 is 14.6 Å². The van der Waals surface area contributed by atoms with Crippen molar-refractivity contribution in [2.45, 2.75) is 13.0 Å². The molecule has 0 aliphatic heterocycles. The SMILES string of the molecule is COc1ccc2cc(C(=O)NCCCn3nnc4ccccc43)n(C)c2c1. The summed E-state index contributed by atoms with van der Waals surface area (Å²) >= 11 is 0. The first-order chi connectivity index (χ1) is 13.2. The second kappa shape index (κ2) is 7.11. The van der Waals surface area contributed by atoms with Crippen LogP contribution in [0.3, 0.4) is 0 Å². The molecule has 2 aromatic heterocycles. The van der Waals surface area contributed by atoms with Gasteiger partial charge in [0.2, 0.25) is 0 Å². The first kappa shape index (κ1) is 17.1. The molecule has 0 aliphatic carbocycles. The summed E-state index contributed by atoms with van der Waals surface area (Å²) in [5.41, 5.74) is 3.48. The summed E-state index contributed by atoms with van der Waals surface area (Å²) in [5.74, 6) is 0.687. The maximum absolute atomic E-state index is 12.6. The van der Waals surface area contributed by atoms with Crippen molar-refractivity contribution in [1.29, 1.82) is 0 Å². The molecule has 0 spiro atoms. The van der Waals surface area contributed by atoms with Crippen LogP contribution in [-0.4, -0.2) is 39.1 Å². The second-order valence-electron chi connectivity index (χ2n) is 6.42. The van der Waals surface area contributed by atoms with E-state index in [4.69, 9.17) is 4.74 Å². The topological polar surface area (TPSA) is 74.0 Å². The van der Waals surface area contributed by atoms with E-state index in [9.17, 15) is 4.79 Å². The zero-order chi connectivity index (χ0) is 18.8. The number of fused-ring (bicyclic) bond motifs is 2. The number of hydrogen-bond donors (Lipinski definition) is 1. The van der Waals surface area contributed by atoms with Crippen LogP contribution in [0.4, 0.5) is 0 Å². The van der Waals surface area contributed by atoms with E-state index >= 15 is 0 Å². The molecule has 0 bridgehead atoms. The molecular weight excluding hydrogens is 342 g/mol. The van der Waals surface area contributed by atoms with E-state index in [0.29, 0.717) is 18.8 Å². The molecule has 0 unspecified atom stereocenters. The molecule has 0 radical (unpaired) electrons. The van der Waals surface area contributed by atoms with Crippen LogP contribution in [0.1, 0.15) is 16.9 Å². The molecule has 4 aromatic rings. The Bertz CT molecular complexity index is 1110. The third-order valence-electron chi connectivity index (χ3n) is 4.74. The maximum Gasteiger partial charge on any atom is 0.267 e. The number of rotatable bonds is 6. The van der Waals surface area contributed by atoms with Gasteiger partial charge in [0.25, 0.3) is 5.91 Å². The summed E-state index contributed by atoms with van der Waals surface area (Å²) in [4.78, 5) is 12.6. The Morgan fingerprint density at radius 3 is 2.85 bits per heavy atom. The van der Waals surface area contributed by atoms with Crippen LogP contribution in [0.5, 0.6) is 5.75 Å². The number of nitrogens with zero attached hydrogens (tertiary/aromatic N) is 4. The third-order valence-corrected chi connectivity index (χ3v) is 4.74. The number of carbonyl (C=O) groups excluding carboxylic acids is 1. The predicted octanol–water partition coefficient (Wildman–Crippen LogP) is 2.75. The van der Waals surface area contributed by atoms with E-state index in [1.54, 1.807) is 7.11 Å². The Kier molecular flexibility index (Phi) is 4.50. The highest BCUT2D eigenvalue weighted by atomic mass is 16.5. The molecule has 0 saturated carbocycles. The molecule has 138 valence electrons. The number of benzene rings is 2. The Morgan fingerprint density at radius 2 is 2.00 bits per heavy atom. The van der Waals surface area contributed by atoms with Gasteiger partial charge in [-0.2, -0.15) is 0 Å². The average molecular weight is 363 g/mol. The Hall–Kier alpha value is -3.35. The monoisotopic (exact) mass is 363 g/mol. The fraction of sp³-hybridized carbons (Fsp3) is 0.250. The van der Waals surface area contributed by atoms with Crippen LogP contribution in [0.25, 0.3) is 21.9 Å². The van der Waals surface area contributed by atoms with Gasteiger partial charge in [-0.15, -0.1) is 5.10 Å². The van der Waals surface area contributed by atoms with Crippen molar-refractivity contribution in [1.82, 2.24) is 24.9 Å². The highest BCUT2D eigenvalue weighted by molar-refractivity contribution is 5.99. The highest BCUT2D eigenvalue weighted by Gasteiger charge is 2.13. The van der Waals surface area contributed by atoms with Crippen molar-refractivity contribution in [3.05, 3.63) is 54.2 Å². The fourth-order valence-electron chi connectivity index (χ4n) is 3.26. The number of hydrogen-bond acceptors (Lipinski definition) is 4. The van der Waals surface area contributed by atoms with Gasteiger partial charge in [-0.3, -0.25) is 4.79 Å². The van der Waals surface area contributed by atoms with Crippen LogP contribution in [0, 0.1) is 0 Å². The lowest BCUT2D eigenvalue weighted by Gasteiger charge is -2.07. The second-order valence-corrected chi connectivity index (χ2v) is 6.42. The van der Waals surface area contributed by atoms with Gasteiger partial charge in [0, 0.05) is 31.6 Å². The summed E-state index contributed by atoms with van der Waals surface area (Å²) in [7, 11) is 3.52. The lowest BCUT2D eigenvalue weighted by molar-refractivity contribution is 0.0945. The molecule has 0 fully saturated rings. The van der Waals surface area contributed by atoms with Crippen molar-refractivity contribution in [3.8, 4) is 5.75 Å². The molecule has 0 atom stereocenters. The van der Waals surface area contributed by atoms with E-state index in [1.165, 1.54) is 0 Å². The molecular formula is C20H21N5O2. The Morgan fingerprint density at radius 1 is 1.15 bits per heavy atom. The van der Waals surface area contributed by atoms with Gasteiger partial charge in [-0.05, 0) is 36.8 Å². The van der Waals surface area contributed by atoms with E-state index in [-0.39, 0.29) is 5.91 Å². The normalized spacial score (nSPS) is 11.2. The standard InChI is InChI=1S/C20H21N5O2/c1-24-18-13-15(27-2)9-8-14(18)12-19(24)20(26)21-10-5-11-25-17-7-4-3-6-16(17)22-23-25/h3-4,6-9,12-13H,5,10-11H2,1-2H3,(H,21,26). The van der Waals surface area contributed by atoms with Crippen molar-refractivity contribution in [2.75, 3.05) is 13.7 Å². The number of nitrogens with one attached hydrogen (secondary N) is 1. The van der Waals surface area contributed by atoms with Crippen LogP contribution >= 0.6 is 0 Å². The maximum atomic E-state index is 12.6. The first-order valence-corrected chi connectivity index (χ1v) is 8.87. The number of carbonyl (C=O) groups is 1. The minimum Gasteiger partial charge on any atom is -0.497 e. The molecule has 0 saturated heterocycles. The zero-order valence-electron chi connectivity index (χ0n) is 15.3. The summed E-state index contributed by atoms with van der Waals surface area (Å²) < 4.78 is 9.02. The van der Waals surface area contributed by atoms with Crippen LogP contribution in [0.2, 0.25) is 0 Å². The minimum absolute atomic E-state index is 0.0869. The molecule has 4 rings (SSSR count). The summed E-state index contributed by atoms with van der Waals surface area (Å²) in [6.07, 6.45) is 0.775. The molecule has 27 heavy (non-hydrogen) atoms. The van der Waals surface area contributed by atoms with E-state index < -0.39 is 0 Å². The molecule has 1 N–H and O–H groups in total. The largest absolute Gasteiger partial charge is 0.497 e. The zero-order valence-corrected chi connectivity index (χ0v) is 15.3. The third kappa shape index (κ3) is 3.23. The van der Waals surface area contributed by atoms with Crippen molar-refractivity contribution >= 4 is 27.8 Å². The van der Waals surface area contributed by atoms with Gasteiger partial charge >= 0.3 is 0 Å². The van der Waals surface area contributed by atoms with Crippen LogP contribution in [-0.2, 0) is 13.6 Å². The molecule has 0 aliphatic rings. The quantitative estimate of drug-likeness (QED) is 0.535. The molecule has 7 heteroatoms. The van der Waals surface area contributed by atoms with Crippen LogP contribution in [0.15, 0.2) is 48.5 Å². The summed E-state index contributed by atoms with van der Waals surface area (Å²) in [5, 5.41) is 12.3. The molecule has 2 heterocycles. The van der Waals surface area contributed by atoms with Gasteiger partial charge in [-0.25, -0.2) is 4.68 Å². The van der Waals surface area contributed by atoms with E-state index in [1.807, 2.05) is 64.8 Å². The van der Waals surface area contributed by atoms with E-state index in [0.717, 1.165) is 34.1 Å². The number of methoxy groups -OCH3 is 1. The first-order valence-electron chi connectivity index (χ1n) is 8.87. The van der Waals surface area contributed by atoms with Crippen molar-refractivity contribution < 1.29 is 9.53 Å². The number of ether oxygens (including phenoxy) is 1. The molecule has 2 aromatic carbocycles. The average Bonchev–Trinajstić information content (AvgIpc) is 3.26. The van der Waals surface area contributed by atoms with Crippen LogP contribution < -0.4 is 10.1 Å². The van der Waals surface area contributed by atoms with Gasteiger partial charge in [0.1, 0.15) is 17.0 Å². The number of aromatic nitrogens is 4. The van der Waals surface area contributed by atoms with Gasteiger partial charge in [0.05, 0.1) is 18.1 Å². The molecule has 1 amide bonds. The number of para-hydroxylation sites is 1. The lowest BCUT2D eigenvalue weighted by Crippen LogP contribution is -2.27. The minimum atomic E-state index is -0.0869. The van der Waals surface area contributed by atoms with Crippen molar-refractivity contribution in [3.63, 3.8) is 0 Å². The highest BCUT2D eigenvalue weighted by Crippen LogP contribution is 2.23. The van der Waals surface area contributed by atoms with Gasteiger partial charge in [0.15, 0.2) is 0 Å². The van der Waals surface area contributed by atoms with Crippen molar-refractivity contribution in [2.24, 2.45) is 7.05 Å². The fourth-order valence-corrected chi connectivity index (χ4v) is 3.26. The number of aryl methyl sites for hydroxylation is 2. The number of amides is 1. The predicted molar refractivity (Wildman–Crippen MR) is 104 cm³/mol. The van der Waals surface area contributed by atoms with E-state index in [2.05, 4.69) is 15.6 Å². The smallest absolute Gasteiger partial charge is 0.267 e. The summed E-state index contributed by atoms with van der Waals surface area (Å²) in [6, 6.07) is 15.5. The Labute approximate surface area is 156 Å². The summed E-state index contributed by atoms with van der Waals surface area (Å²) in [6.45, 7) is 1.27. The lowest BCUT2D eigenvalue weighted by atomic mass is 10.2. The van der Waals surface area contributed by atoms with Gasteiger partial charge in [-0.1, -0.05) is 17.3 Å². The Balaban J connectivity index is 1.39. The molecule has 7 nitrogen and oxygen atoms in total.